The molecule has 0 bridgehead atoms. The average Bonchev–Trinajstić information content (AvgIpc) is 2.74. The summed E-state index contributed by atoms with van der Waals surface area (Å²) in [4.78, 5) is 1.34. The van der Waals surface area contributed by atoms with Crippen molar-refractivity contribution in [3.8, 4) is 0 Å². The molecule has 3 atom stereocenters. The van der Waals surface area contributed by atoms with Crippen molar-refractivity contribution in [1.29, 1.82) is 0 Å². The van der Waals surface area contributed by atoms with Crippen LogP contribution in [-0.4, -0.2) is 17.8 Å². The summed E-state index contributed by atoms with van der Waals surface area (Å²) < 4.78 is 1.19. The van der Waals surface area contributed by atoms with Gasteiger partial charge in [-0.25, -0.2) is 0 Å². The molecule has 0 saturated heterocycles. The minimum atomic E-state index is -0.102. The van der Waals surface area contributed by atoms with E-state index in [1.165, 1.54) is 22.2 Å². The normalized spacial score (nSPS) is 27.0. The summed E-state index contributed by atoms with van der Waals surface area (Å²) in [5.41, 5.74) is 0. The molecule has 17 heavy (non-hydrogen) atoms. The van der Waals surface area contributed by atoms with Crippen molar-refractivity contribution in [1.82, 2.24) is 5.32 Å². The lowest BCUT2D eigenvalue weighted by Crippen LogP contribution is -2.34. The summed E-state index contributed by atoms with van der Waals surface area (Å²) in [6, 6.07) is 2.45. The standard InChI is InChI=1S/C13H20BrNOS/c1-9(13-11(14)6-7-17-13)15-8-10-4-2-3-5-12(10)16/h6-7,9-10,12,15-16H,2-5,8H2,1H3. The Labute approximate surface area is 116 Å². The topological polar surface area (TPSA) is 32.3 Å². The highest BCUT2D eigenvalue weighted by Gasteiger charge is 2.23. The first-order valence-electron chi connectivity index (χ1n) is 6.33. The van der Waals surface area contributed by atoms with Gasteiger partial charge in [0.05, 0.1) is 6.10 Å². The minimum absolute atomic E-state index is 0.102. The zero-order valence-corrected chi connectivity index (χ0v) is 12.6. The number of rotatable bonds is 4. The Morgan fingerprint density at radius 1 is 1.53 bits per heavy atom. The Kier molecular flexibility index (Phi) is 5.03. The van der Waals surface area contributed by atoms with Crippen molar-refractivity contribution in [2.45, 2.75) is 44.8 Å². The van der Waals surface area contributed by atoms with Crippen LogP contribution in [0.1, 0.15) is 43.5 Å². The largest absolute Gasteiger partial charge is 0.393 e. The van der Waals surface area contributed by atoms with Crippen molar-refractivity contribution < 1.29 is 5.11 Å². The Hall–Kier alpha value is 0.100. The third-order valence-electron chi connectivity index (χ3n) is 3.59. The number of halogens is 1. The van der Waals surface area contributed by atoms with Gasteiger partial charge in [0.1, 0.15) is 0 Å². The molecule has 2 N–H and O–H groups in total. The van der Waals surface area contributed by atoms with Crippen molar-refractivity contribution in [3.63, 3.8) is 0 Å². The Morgan fingerprint density at radius 3 is 2.94 bits per heavy atom. The lowest BCUT2D eigenvalue weighted by molar-refractivity contribution is 0.0684. The highest BCUT2D eigenvalue weighted by Crippen LogP contribution is 2.30. The predicted molar refractivity (Wildman–Crippen MR) is 76.4 cm³/mol. The molecule has 1 heterocycles. The first kappa shape index (κ1) is 13.5. The van der Waals surface area contributed by atoms with E-state index in [0.29, 0.717) is 12.0 Å². The number of nitrogens with one attached hydrogen (secondary N) is 1. The van der Waals surface area contributed by atoms with E-state index < -0.39 is 0 Å². The second-order valence-corrected chi connectivity index (χ2v) is 6.68. The first-order chi connectivity index (χ1) is 8.18. The molecular weight excluding hydrogens is 298 g/mol. The molecule has 0 radical (unpaired) electrons. The monoisotopic (exact) mass is 317 g/mol. The van der Waals surface area contributed by atoms with Crippen LogP contribution in [0.15, 0.2) is 15.9 Å². The molecule has 2 rings (SSSR count). The molecule has 2 nitrogen and oxygen atoms in total. The van der Waals surface area contributed by atoms with Crippen LogP contribution in [-0.2, 0) is 0 Å². The van der Waals surface area contributed by atoms with Gasteiger partial charge in [0.25, 0.3) is 0 Å². The molecule has 1 aliphatic carbocycles. The molecule has 96 valence electrons. The number of thiophene rings is 1. The molecule has 0 aromatic carbocycles. The van der Waals surface area contributed by atoms with E-state index >= 15 is 0 Å². The van der Waals surface area contributed by atoms with Crippen molar-refractivity contribution in [3.05, 3.63) is 20.8 Å². The minimum Gasteiger partial charge on any atom is -0.393 e. The lowest BCUT2D eigenvalue weighted by atomic mass is 9.86. The van der Waals surface area contributed by atoms with Gasteiger partial charge in [-0.2, -0.15) is 0 Å². The fraction of sp³-hybridized carbons (Fsp3) is 0.692. The van der Waals surface area contributed by atoms with Crippen LogP contribution in [0.5, 0.6) is 0 Å². The number of aliphatic hydroxyl groups excluding tert-OH is 1. The molecule has 1 aromatic rings. The molecule has 3 unspecified atom stereocenters. The molecule has 4 heteroatoms. The summed E-state index contributed by atoms with van der Waals surface area (Å²) in [6.45, 7) is 3.11. The lowest BCUT2D eigenvalue weighted by Gasteiger charge is -2.28. The number of hydrogen-bond donors (Lipinski definition) is 2. The van der Waals surface area contributed by atoms with E-state index in [2.05, 4.69) is 39.6 Å². The van der Waals surface area contributed by atoms with Gasteiger partial charge in [0.15, 0.2) is 0 Å². The molecule has 0 amide bonds. The van der Waals surface area contributed by atoms with Crippen LogP contribution in [0, 0.1) is 5.92 Å². The van der Waals surface area contributed by atoms with Gasteiger partial charge in [-0.15, -0.1) is 11.3 Å². The van der Waals surface area contributed by atoms with Gasteiger partial charge in [-0.3, -0.25) is 0 Å². The average molecular weight is 318 g/mol. The molecular formula is C13H20BrNOS. The highest BCUT2D eigenvalue weighted by atomic mass is 79.9. The summed E-state index contributed by atoms with van der Waals surface area (Å²) in [6.07, 6.45) is 4.48. The Balaban J connectivity index is 1.83. The zero-order chi connectivity index (χ0) is 12.3. The van der Waals surface area contributed by atoms with E-state index in [4.69, 9.17) is 0 Å². The summed E-state index contributed by atoms with van der Waals surface area (Å²) >= 11 is 5.34. The zero-order valence-electron chi connectivity index (χ0n) is 10.2. The van der Waals surface area contributed by atoms with Crippen molar-refractivity contribution in [2.24, 2.45) is 5.92 Å². The molecule has 1 fully saturated rings. The molecule has 0 aliphatic heterocycles. The van der Waals surface area contributed by atoms with E-state index in [-0.39, 0.29) is 6.10 Å². The van der Waals surface area contributed by atoms with E-state index in [9.17, 15) is 5.11 Å². The van der Waals surface area contributed by atoms with Gasteiger partial charge < -0.3 is 10.4 Å². The fourth-order valence-electron chi connectivity index (χ4n) is 2.46. The van der Waals surface area contributed by atoms with Crippen LogP contribution in [0.4, 0.5) is 0 Å². The maximum absolute atomic E-state index is 9.92. The van der Waals surface area contributed by atoms with Crippen molar-refractivity contribution in [2.75, 3.05) is 6.54 Å². The second kappa shape index (κ2) is 6.32. The van der Waals surface area contributed by atoms with Gasteiger partial charge in [-0.05, 0) is 53.1 Å². The highest BCUT2D eigenvalue weighted by molar-refractivity contribution is 9.10. The fourth-order valence-corrected chi connectivity index (χ4v) is 4.21. The van der Waals surface area contributed by atoms with Crippen LogP contribution >= 0.6 is 27.3 Å². The second-order valence-electron chi connectivity index (χ2n) is 4.87. The smallest absolute Gasteiger partial charge is 0.0580 e. The quantitative estimate of drug-likeness (QED) is 0.887. The van der Waals surface area contributed by atoms with Gasteiger partial charge in [0.2, 0.25) is 0 Å². The third-order valence-corrected chi connectivity index (χ3v) is 5.65. The van der Waals surface area contributed by atoms with Gasteiger partial charge in [0, 0.05) is 21.9 Å². The molecule has 1 aliphatic rings. The van der Waals surface area contributed by atoms with Crippen LogP contribution in [0.2, 0.25) is 0 Å². The van der Waals surface area contributed by atoms with Gasteiger partial charge >= 0.3 is 0 Å². The van der Waals surface area contributed by atoms with E-state index in [1.54, 1.807) is 11.3 Å². The molecule has 1 aromatic heterocycles. The van der Waals surface area contributed by atoms with Crippen molar-refractivity contribution >= 4 is 27.3 Å². The van der Waals surface area contributed by atoms with E-state index in [1.807, 2.05) is 0 Å². The maximum Gasteiger partial charge on any atom is 0.0580 e. The van der Waals surface area contributed by atoms with Crippen LogP contribution in [0.3, 0.4) is 0 Å². The van der Waals surface area contributed by atoms with Gasteiger partial charge in [-0.1, -0.05) is 12.8 Å². The van der Waals surface area contributed by atoms with Crippen LogP contribution in [0.25, 0.3) is 0 Å². The Morgan fingerprint density at radius 2 is 2.29 bits per heavy atom. The molecule has 0 spiro atoms. The predicted octanol–water partition coefficient (Wildman–Crippen LogP) is 3.71. The van der Waals surface area contributed by atoms with Crippen LogP contribution < -0.4 is 5.32 Å². The third kappa shape index (κ3) is 3.53. The summed E-state index contributed by atoms with van der Waals surface area (Å²) in [5.74, 6) is 0.435. The summed E-state index contributed by atoms with van der Waals surface area (Å²) in [5, 5.41) is 15.6. The number of aliphatic hydroxyl groups is 1. The maximum atomic E-state index is 9.92. The van der Waals surface area contributed by atoms with E-state index in [0.717, 1.165) is 19.4 Å². The Bertz CT molecular complexity index is 355. The molecule has 1 saturated carbocycles. The first-order valence-corrected chi connectivity index (χ1v) is 8.00. The summed E-state index contributed by atoms with van der Waals surface area (Å²) in [7, 11) is 0. The number of hydrogen-bond acceptors (Lipinski definition) is 3. The SMILES string of the molecule is CC(NCC1CCCCC1O)c1sccc1Br.